The zero-order valence-electron chi connectivity index (χ0n) is 14.2. The Labute approximate surface area is 153 Å². The number of aromatic amines is 1. The van der Waals surface area contributed by atoms with Crippen LogP contribution in [0.15, 0.2) is 30.7 Å². The molecule has 1 unspecified atom stereocenters. The molecular weight excluding hydrogens is 381 g/mol. The van der Waals surface area contributed by atoms with Gasteiger partial charge in [-0.15, -0.1) is 0 Å². The summed E-state index contributed by atoms with van der Waals surface area (Å²) in [7, 11) is -4.41. The third-order valence-corrected chi connectivity index (χ3v) is 6.67. The first-order valence-electron chi connectivity index (χ1n) is 8.50. The summed E-state index contributed by atoms with van der Waals surface area (Å²) in [6.07, 6.45) is 1.50. The van der Waals surface area contributed by atoms with Crippen LogP contribution in [0.3, 0.4) is 0 Å². The van der Waals surface area contributed by atoms with Crippen LogP contribution < -0.4 is 0 Å². The van der Waals surface area contributed by atoms with Gasteiger partial charge in [0.2, 0.25) is 10.0 Å². The van der Waals surface area contributed by atoms with Gasteiger partial charge in [-0.05, 0) is 25.0 Å². The molecule has 0 saturated carbocycles. The molecule has 0 amide bonds. The van der Waals surface area contributed by atoms with Gasteiger partial charge in [-0.25, -0.2) is 17.7 Å². The molecule has 10 heteroatoms. The maximum Gasteiger partial charge on any atom is 0.404 e. The number of alkyl halides is 3. The molecule has 0 bridgehead atoms. The van der Waals surface area contributed by atoms with E-state index in [1.165, 1.54) is 0 Å². The van der Waals surface area contributed by atoms with Crippen LogP contribution in [0.2, 0.25) is 0 Å². The van der Waals surface area contributed by atoms with E-state index in [1.54, 1.807) is 18.6 Å². The number of pyridine rings is 2. The van der Waals surface area contributed by atoms with E-state index in [4.69, 9.17) is 0 Å². The molecule has 3 aromatic rings. The van der Waals surface area contributed by atoms with Crippen molar-refractivity contribution < 1.29 is 21.6 Å². The van der Waals surface area contributed by atoms with Crippen molar-refractivity contribution in [1.82, 2.24) is 19.3 Å². The van der Waals surface area contributed by atoms with Crippen LogP contribution in [0.5, 0.6) is 0 Å². The fourth-order valence-corrected chi connectivity index (χ4v) is 5.12. The number of H-pyrrole nitrogens is 1. The van der Waals surface area contributed by atoms with E-state index in [-0.39, 0.29) is 19.0 Å². The molecule has 144 valence electrons. The van der Waals surface area contributed by atoms with Gasteiger partial charge < -0.3 is 4.98 Å². The number of halogens is 3. The lowest BCUT2D eigenvalue weighted by atomic mass is 9.92. The molecule has 1 atom stereocenters. The molecule has 1 aliphatic rings. The molecule has 0 radical (unpaired) electrons. The lowest BCUT2D eigenvalue weighted by Gasteiger charge is -2.32. The van der Waals surface area contributed by atoms with Crippen LogP contribution in [0, 0.1) is 0 Å². The fraction of sp³-hybridized carbons (Fsp3) is 0.412. The first-order chi connectivity index (χ1) is 12.7. The standard InChI is InChI=1S/C17H17F3N4O2S/c18-17(19,20)10-27(25,26)24-7-1-2-11(9-24)15-12-3-5-21-8-14(12)13-4-6-22-16(13)23-15/h3-6,8,11H,1-2,7,9-10H2,(H,22,23). The van der Waals surface area contributed by atoms with Gasteiger partial charge in [0.15, 0.2) is 5.75 Å². The minimum atomic E-state index is -4.76. The normalized spacial score (nSPS) is 19.7. The van der Waals surface area contributed by atoms with Gasteiger partial charge in [0.05, 0.1) is 5.69 Å². The highest BCUT2D eigenvalue weighted by Crippen LogP contribution is 2.35. The summed E-state index contributed by atoms with van der Waals surface area (Å²) >= 11 is 0. The Balaban J connectivity index is 1.73. The number of rotatable bonds is 3. The number of fused-ring (bicyclic) bond motifs is 3. The van der Waals surface area contributed by atoms with Crippen molar-refractivity contribution >= 4 is 31.8 Å². The number of aromatic nitrogens is 3. The summed E-state index contributed by atoms with van der Waals surface area (Å²) in [5.41, 5.74) is 1.34. The van der Waals surface area contributed by atoms with E-state index in [2.05, 4.69) is 15.0 Å². The largest absolute Gasteiger partial charge is 0.404 e. The zero-order valence-corrected chi connectivity index (χ0v) is 15.0. The van der Waals surface area contributed by atoms with Crippen molar-refractivity contribution in [2.75, 3.05) is 18.8 Å². The molecule has 0 aliphatic carbocycles. The summed E-state index contributed by atoms with van der Waals surface area (Å²) in [5, 5.41) is 2.63. The van der Waals surface area contributed by atoms with Crippen LogP contribution in [0.4, 0.5) is 13.2 Å². The summed E-state index contributed by atoms with van der Waals surface area (Å²) in [6.45, 7) is 0.0915. The van der Waals surface area contributed by atoms with Gasteiger partial charge in [0.25, 0.3) is 0 Å². The van der Waals surface area contributed by atoms with Crippen LogP contribution in [0.1, 0.15) is 24.5 Å². The summed E-state index contributed by atoms with van der Waals surface area (Å²) in [6, 6.07) is 3.70. The topological polar surface area (TPSA) is 79.0 Å². The molecule has 1 aliphatic heterocycles. The number of sulfonamides is 1. The second kappa shape index (κ2) is 6.45. The Hall–Kier alpha value is -2.20. The highest BCUT2D eigenvalue weighted by molar-refractivity contribution is 7.89. The quantitative estimate of drug-likeness (QED) is 0.735. The first kappa shape index (κ1) is 18.2. The molecular formula is C17H17F3N4O2S. The fourth-order valence-electron chi connectivity index (χ4n) is 3.71. The summed E-state index contributed by atoms with van der Waals surface area (Å²) in [5.74, 6) is -2.11. The van der Waals surface area contributed by atoms with Crippen LogP contribution in [-0.2, 0) is 10.0 Å². The average Bonchev–Trinajstić information content (AvgIpc) is 3.08. The molecule has 27 heavy (non-hydrogen) atoms. The Kier molecular flexibility index (Phi) is 4.34. The van der Waals surface area contributed by atoms with E-state index in [0.29, 0.717) is 24.2 Å². The minimum absolute atomic E-state index is 0.00491. The number of hydrogen-bond donors (Lipinski definition) is 1. The molecule has 0 aromatic carbocycles. The molecule has 1 fully saturated rings. The third-order valence-electron chi connectivity index (χ3n) is 4.85. The molecule has 0 spiro atoms. The third kappa shape index (κ3) is 3.51. The predicted molar refractivity (Wildman–Crippen MR) is 94.8 cm³/mol. The maximum atomic E-state index is 12.6. The van der Waals surface area contributed by atoms with Gasteiger partial charge in [-0.1, -0.05) is 0 Å². The van der Waals surface area contributed by atoms with Crippen molar-refractivity contribution in [1.29, 1.82) is 0 Å². The van der Waals surface area contributed by atoms with E-state index >= 15 is 0 Å². The van der Waals surface area contributed by atoms with Crippen molar-refractivity contribution in [3.05, 3.63) is 36.4 Å². The van der Waals surface area contributed by atoms with Gasteiger partial charge in [-0.3, -0.25) is 4.98 Å². The van der Waals surface area contributed by atoms with E-state index < -0.39 is 22.0 Å². The zero-order chi connectivity index (χ0) is 19.2. The van der Waals surface area contributed by atoms with E-state index in [0.717, 1.165) is 20.5 Å². The highest BCUT2D eigenvalue weighted by atomic mass is 32.2. The number of hydrogen-bond acceptors (Lipinski definition) is 4. The second-order valence-corrected chi connectivity index (χ2v) is 8.70. The minimum Gasteiger partial charge on any atom is -0.346 e. The Morgan fingerprint density at radius 2 is 2.04 bits per heavy atom. The van der Waals surface area contributed by atoms with E-state index in [9.17, 15) is 21.6 Å². The average molecular weight is 398 g/mol. The van der Waals surface area contributed by atoms with Crippen LogP contribution in [0.25, 0.3) is 21.8 Å². The molecule has 4 heterocycles. The lowest BCUT2D eigenvalue weighted by molar-refractivity contribution is -0.107. The SMILES string of the molecule is O=S(=O)(CC(F)(F)F)N1CCCC(c2nc3[nH]ccc3c3cnccc23)C1. The molecule has 4 rings (SSSR count). The van der Waals surface area contributed by atoms with Crippen molar-refractivity contribution in [3.63, 3.8) is 0 Å². The van der Waals surface area contributed by atoms with Gasteiger partial charge in [0, 0.05) is 53.8 Å². The number of nitrogens with zero attached hydrogens (tertiary/aromatic N) is 3. The Morgan fingerprint density at radius 1 is 1.22 bits per heavy atom. The number of piperidine rings is 1. The molecule has 6 nitrogen and oxygen atoms in total. The van der Waals surface area contributed by atoms with Crippen molar-refractivity contribution in [2.45, 2.75) is 24.9 Å². The Morgan fingerprint density at radius 3 is 2.81 bits per heavy atom. The van der Waals surface area contributed by atoms with E-state index in [1.807, 2.05) is 12.1 Å². The van der Waals surface area contributed by atoms with Crippen molar-refractivity contribution in [3.8, 4) is 0 Å². The first-order valence-corrected chi connectivity index (χ1v) is 10.1. The summed E-state index contributed by atoms with van der Waals surface area (Å²) < 4.78 is 63.2. The van der Waals surface area contributed by atoms with Gasteiger partial charge in [0.1, 0.15) is 5.65 Å². The van der Waals surface area contributed by atoms with Crippen LogP contribution >= 0.6 is 0 Å². The smallest absolute Gasteiger partial charge is 0.346 e. The Bertz CT molecular complexity index is 1090. The molecule has 1 saturated heterocycles. The van der Waals surface area contributed by atoms with Gasteiger partial charge in [-0.2, -0.15) is 13.2 Å². The van der Waals surface area contributed by atoms with Crippen molar-refractivity contribution in [2.24, 2.45) is 0 Å². The summed E-state index contributed by atoms with van der Waals surface area (Å²) in [4.78, 5) is 11.8. The van der Waals surface area contributed by atoms with Crippen LogP contribution in [-0.4, -0.2) is 52.7 Å². The van der Waals surface area contributed by atoms with Gasteiger partial charge >= 0.3 is 6.18 Å². The highest BCUT2D eigenvalue weighted by Gasteiger charge is 2.40. The lowest BCUT2D eigenvalue weighted by Crippen LogP contribution is -2.43. The number of nitrogens with one attached hydrogen (secondary N) is 1. The molecule has 3 aromatic heterocycles. The monoisotopic (exact) mass is 398 g/mol. The maximum absolute atomic E-state index is 12.6. The second-order valence-electron chi connectivity index (χ2n) is 6.73. The predicted octanol–water partition coefficient (Wildman–Crippen LogP) is 3.18. The molecule has 1 N–H and O–H groups in total.